The second-order valence-corrected chi connectivity index (χ2v) is 6.77. The van der Waals surface area contributed by atoms with Crippen molar-refractivity contribution in [2.45, 2.75) is 39.3 Å². The van der Waals surface area contributed by atoms with Gasteiger partial charge in [0.25, 0.3) is 0 Å². The lowest BCUT2D eigenvalue weighted by Crippen LogP contribution is -2.55. The van der Waals surface area contributed by atoms with E-state index in [1.54, 1.807) is 11.2 Å². The van der Waals surface area contributed by atoms with Gasteiger partial charge in [0.2, 0.25) is 0 Å². The third-order valence-corrected chi connectivity index (χ3v) is 3.76. The molecule has 8 nitrogen and oxygen atoms in total. The van der Waals surface area contributed by atoms with Gasteiger partial charge in [-0.25, -0.2) is 19.7 Å². The highest BCUT2D eigenvalue weighted by Gasteiger charge is 2.31. The van der Waals surface area contributed by atoms with E-state index >= 15 is 0 Å². The first-order valence-corrected chi connectivity index (χ1v) is 7.74. The molecule has 0 aliphatic carbocycles. The van der Waals surface area contributed by atoms with Crippen LogP contribution in [0.3, 0.4) is 0 Å². The molecule has 0 aromatic carbocycles. The quantitative estimate of drug-likeness (QED) is 0.862. The van der Waals surface area contributed by atoms with E-state index in [1.165, 1.54) is 6.33 Å². The summed E-state index contributed by atoms with van der Waals surface area (Å²) in [6, 6.07) is 0.0338. The number of carbonyl (C=O) groups is 1. The van der Waals surface area contributed by atoms with Gasteiger partial charge < -0.3 is 19.5 Å². The van der Waals surface area contributed by atoms with Gasteiger partial charge in [-0.1, -0.05) is 0 Å². The molecular formula is C15H22N6O2. The first kappa shape index (κ1) is 15.5. The van der Waals surface area contributed by atoms with Crippen LogP contribution < -0.4 is 4.90 Å². The second kappa shape index (κ2) is 5.68. The number of H-pyrrole nitrogens is 1. The molecule has 0 spiro atoms. The van der Waals surface area contributed by atoms with Gasteiger partial charge in [-0.15, -0.1) is 0 Å². The lowest BCUT2D eigenvalue weighted by atomic mass is 10.2. The number of piperazine rings is 1. The first-order valence-electron chi connectivity index (χ1n) is 7.74. The molecule has 1 saturated heterocycles. The van der Waals surface area contributed by atoms with Gasteiger partial charge in [0, 0.05) is 25.7 Å². The summed E-state index contributed by atoms with van der Waals surface area (Å²) in [5.74, 6) is 0.822. The van der Waals surface area contributed by atoms with Crippen molar-refractivity contribution in [3.05, 3.63) is 12.7 Å². The van der Waals surface area contributed by atoms with Gasteiger partial charge in [0.05, 0.1) is 6.33 Å². The number of amides is 1. The zero-order valence-corrected chi connectivity index (χ0v) is 13.9. The Morgan fingerprint density at radius 1 is 1.30 bits per heavy atom. The average Bonchev–Trinajstić information content (AvgIpc) is 2.93. The molecule has 0 radical (unpaired) electrons. The number of hydrogen-bond donors (Lipinski definition) is 1. The van der Waals surface area contributed by atoms with E-state index < -0.39 is 5.60 Å². The molecule has 2 aromatic rings. The maximum atomic E-state index is 12.3. The van der Waals surface area contributed by atoms with E-state index in [9.17, 15) is 4.79 Å². The number of imidazole rings is 1. The van der Waals surface area contributed by atoms with Crippen molar-refractivity contribution in [1.29, 1.82) is 0 Å². The Morgan fingerprint density at radius 3 is 2.78 bits per heavy atom. The van der Waals surface area contributed by atoms with Crippen molar-refractivity contribution in [3.63, 3.8) is 0 Å². The number of anilines is 1. The van der Waals surface area contributed by atoms with Gasteiger partial charge in [0.15, 0.2) is 11.5 Å². The smallest absolute Gasteiger partial charge is 0.410 e. The van der Waals surface area contributed by atoms with Gasteiger partial charge in [-0.05, 0) is 27.7 Å². The van der Waals surface area contributed by atoms with Crippen molar-refractivity contribution >= 4 is 23.1 Å². The Morgan fingerprint density at radius 2 is 2.09 bits per heavy atom. The minimum absolute atomic E-state index is 0.0338. The van der Waals surface area contributed by atoms with Crippen molar-refractivity contribution in [2.24, 2.45) is 0 Å². The first-order chi connectivity index (χ1) is 10.8. The molecule has 0 saturated carbocycles. The minimum Gasteiger partial charge on any atom is -0.444 e. The van der Waals surface area contributed by atoms with Crippen LogP contribution in [0, 0.1) is 0 Å². The van der Waals surface area contributed by atoms with Crippen LogP contribution >= 0.6 is 0 Å². The highest BCUT2D eigenvalue weighted by atomic mass is 16.6. The normalized spacial score (nSPS) is 19.2. The van der Waals surface area contributed by atoms with Crippen LogP contribution in [0.1, 0.15) is 27.7 Å². The molecule has 0 bridgehead atoms. The van der Waals surface area contributed by atoms with Crippen molar-refractivity contribution in [3.8, 4) is 0 Å². The van der Waals surface area contributed by atoms with E-state index in [0.717, 1.165) is 11.3 Å². The van der Waals surface area contributed by atoms with Crippen LogP contribution in [0.4, 0.5) is 10.6 Å². The number of aromatic amines is 1. The number of nitrogens with zero attached hydrogens (tertiary/aromatic N) is 5. The lowest BCUT2D eigenvalue weighted by molar-refractivity contribution is 0.0159. The summed E-state index contributed by atoms with van der Waals surface area (Å²) in [5, 5.41) is 0. The molecule has 3 heterocycles. The minimum atomic E-state index is -0.483. The topological polar surface area (TPSA) is 87.2 Å². The Hall–Kier alpha value is -2.38. The molecule has 124 valence electrons. The number of carbonyl (C=O) groups excluding carboxylic acids is 1. The SMILES string of the molecule is C[C@@H]1CN(c2ncnc3nc[nH]c23)CCN1C(=O)OC(C)(C)C. The maximum absolute atomic E-state index is 12.3. The maximum Gasteiger partial charge on any atom is 0.410 e. The van der Waals surface area contributed by atoms with E-state index in [4.69, 9.17) is 4.74 Å². The fourth-order valence-electron chi connectivity index (χ4n) is 2.73. The van der Waals surface area contributed by atoms with Gasteiger partial charge in [0.1, 0.15) is 17.4 Å². The standard InChI is InChI=1S/C15H22N6O2/c1-10-7-20(5-6-21(10)14(22)23-15(2,3)4)13-11-12(17-8-16-11)18-9-19-13/h8-10H,5-7H2,1-4H3,(H,16,17,18,19)/t10-/m1/s1. The zero-order chi connectivity index (χ0) is 16.6. The summed E-state index contributed by atoms with van der Waals surface area (Å²) in [6.45, 7) is 9.61. The van der Waals surface area contributed by atoms with Gasteiger partial charge >= 0.3 is 6.09 Å². The summed E-state index contributed by atoms with van der Waals surface area (Å²) < 4.78 is 5.47. The Labute approximate surface area is 134 Å². The summed E-state index contributed by atoms with van der Waals surface area (Å²) in [6.07, 6.45) is 2.87. The molecule has 8 heteroatoms. The molecule has 23 heavy (non-hydrogen) atoms. The van der Waals surface area contributed by atoms with E-state index in [-0.39, 0.29) is 12.1 Å². The third-order valence-electron chi connectivity index (χ3n) is 3.76. The number of ether oxygens (including phenoxy) is 1. The number of hydrogen-bond acceptors (Lipinski definition) is 6. The number of fused-ring (bicyclic) bond motifs is 1. The Kier molecular flexibility index (Phi) is 3.83. The van der Waals surface area contributed by atoms with Crippen molar-refractivity contribution < 1.29 is 9.53 Å². The van der Waals surface area contributed by atoms with E-state index in [0.29, 0.717) is 25.3 Å². The molecule has 1 aliphatic heterocycles. The highest BCUT2D eigenvalue weighted by Crippen LogP contribution is 2.23. The predicted molar refractivity (Wildman–Crippen MR) is 86.3 cm³/mol. The largest absolute Gasteiger partial charge is 0.444 e. The Bertz CT molecular complexity index is 707. The average molecular weight is 318 g/mol. The van der Waals surface area contributed by atoms with Gasteiger partial charge in [-0.3, -0.25) is 0 Å². The van der Waals surface area contributed by atoms with Crippen LogP contribution in [0.15, 0.2) is 12.7 Å². The molecule has 2 aromatic heterocycles. The number of rotatable bonds is 1. The van der Waals surface area contributed by atoms with Crippen LogP contribution in [-0.2, 0) is 4.74 Å². The van der Waals surface area contributed by atoms with E-state index in [2.05, 4.69) is 24.8 Å². The lowest BCUT2D eigenvalue weighted by Gasteiger charge is -2.40. The zero-order valence-electron chi connectivity index (χ0n) is 13.9. The van der Waals surface area contributed by atoms with Crippen LogP contribution in [-0.4, -0.2) is 62.2 Å². The van der Waals surface area contributed by atoms with Crippen LogP contribution in [0.5, 0.6) is 0 Å². The monoisotopic (exact) mass is 318 g/mol. The summed E-state index contributed by atoms with van der Waals surface area (Å²) in [4.78, 5) is 32.0. The predicted octanol–water partition coefficient (Wildman–Crippen LogP) is 1.80. The number of nitrogens with one attached hydrogen (secondary N) is 1. The summed E-state index contributed by atoms with van der Waals surface area (Å²) in [7, 11) is 0. The number of aromatic nitrogens is 4. The van der Waals surface area contributed by atoms with Gasteiger partial charge in [-0.2, -0.15) is 0 Å². The molecule has 1 fully saturated rings. The fraction of sp³-hybridized carbons (Fsp3) is 0.600. The van der Waals surface area contributed by atoms with Crippen molar-refractivity contribution in [2.75, 3.05) is 24.5 Å². The third kappa shape index (κ3) is 3.20. The molecule has 1 amide bonds. The molecule has 1 aliphatic rings. The summed E-state index contributed by atoms with van der Waals surface area (Å²) in [5.41, 5.74) is 0.991. The highest BCUT2D eigenvalue weighted by molar-refractivity contribution is 5.82. The summed E-state index contributed by atoms with van der Waals surface area (Å²) >= 11 is 0. The molecule has 1 atom stereocenters. The molecule has 1 N–H and O–H groups in total. The Balaban J connectivity index is 1.74. The molecular weight excluding hydrogens is 296 g/mol. The van der Waals surface area contributed by atoms with Crippen molar-refractivity contribution in [1.82, 2.24) is 24.8 Å². The van der Waals surface area contributed by atoms with E-state index in [1.807, 2.05) is 27.7 Å². The fourth-order valence-corrected chi connectivity index (χ4v) is 2.73. The van der Waals surface area contributed by atoms with Crippen LogP contribution in [0.2, 0.25) is 0 Å². The van der Waals surface area contributed by atoms with Crippen LogP contribution in [0.25, 0.3) is 11.2 Å². The second-order valence-electron chi connectivity index (χ2n) is 6.77. The molecule has 0 unspecified atom stereocenters. The molecule has 3 rings (SSSR count).